The van der Waals surface area contributed by atoms with Crippen molar-refractivity contribution in [3.8, 4) is 0 Å². The summed E-state index contributed by atoms with van der Waals surface area (Å²) in [6.45, 7) is 0. The van der Waals surface area contributed by atoms with Crippen molar-refractivity contribution in [2.75, 3.05) is 5.88 Å². The molecule has 0 rings (SSSR count). The maximum absolute atomic E-state index is 10.3. The van der Waals surface area contributed by atoms with Crippen LogP contribution < -0.4 is 29.6 Å². The van der Waals surface area contributed by atoms with Crippen molar-refractivity contribution in [1.29, 1.82) is 0 Å². The average Bonchev–Trinajstić information content (AvgIpc) is 1.80. The third kappa shape index (κ3) is 5.24. The van der Waals surface area contributed by atoms with Crippen LogP contribution in [0.5, 0.6) is 0 Å². The number of alkyl halides is 1. The number of hydrogen-bond acceptors (Lipinski definition) is 6. The van der Waals surface area contributed by atoms with E-state index in [4.69, 9.17) is 21.3 Å². The fraction of sp³-hybridized carbons (Fsp3) is 1.00. The van der Waals surface area contributed by atoms with Gasteiger partial charge >= 0.3 is 29.6 Å². The van der Waals surface area contributed by atoms with E-state index in [9.17, 15) is 21.4 Å². The summed E-state index contributed by atoms with van der Waals surface area (Å²) in [6, 6.07) is 0. The minimum atomic E-state index is -5.36. The molecule has 0 aliphatic rings. The first kappa shape index (κ1) is 17.5. The molecule has 2 unspecified atom stereocenters. The topological polar surface area (TPSA) is 132 Å². The summed E-state index contributed by atoms with van der Waals surface area (Å²) in [7, 11) is -10.5. The second-order valence-corrected chi connectivity index (χ2v) is 5.74. The summed E-state index contributed by atoms with van der Waals surface area (Å²) in [5.41, 5.74) is 0. The van der Waals surface area contributed by atoms with Crippen LogP contribution >= 0.6 is 11.6 Å². The Labute approximate surface area is 108 Å². The summed E-state index contributed by atoms with van der Waals surface area (Å²) in [4.78, 5) is 0. The number of rotatable bonds is 4. The van der Waals surface area contributed by atoms with Crippen LogP contribution in [-0.2, 0) is 20.2 Å². The quantitative estimate of drug-likeness (QED) is 0.300. The van der Waals surface area contributed by atoms with Crippen molar-refractivity contribution in [3.05, 3.63) is 0 Å². The molecule has 0 fully saturated rings. The Kier molecular flexibility index (Phi) is 7.44. The molecule has 14 heavy (non-hydrogen) atoms. The van der Waals surface area contributed by atoms with Gasteiger partial charge in [-0.1, -0.05) is 0 Å². The van der Waals surface area contributed by atoms with Gasteiger partial charge in [0.1, 0.15) is 10.1 Å². The van der Waals surface area contributed by atoms with Crippen molar-refractivity contribution < 1.29 is 60.6 Å². The Bertz CT molecular complexity index is 328. The molecular weight excluding hydrogens is 271 g/mol. The average molecular weight is 277 g/mol. The minimum absolute atomic E-state index is 0. The largest absolute Gasteiger partial charge is 1.00 e. The van der Waals surface area contributed by atoms with Crippen LogP contribution in [-0.4, -0.2) is 47.6 Å². The molecule has 0 heterocycles. The number of hydrogen-bond donors (Lipinski definition) is 2. The maximum atomic E-state index is 10.3. The molecule has 2 N–H and O–H groups in total. The Hall–Kier alpha value is 1.07. The minimum Gasteiger partial charge on any atom is -0.747 e. The van der Waals surface area contributed by atoms with Gasteiger partial charge in [0.25, 0.3) is 10.1 Å². The monoisotopic (exact) mass is 276 g/mol. The van der Waals surface area contributed by atoms with Crippen LogP contribution in [0.1, 0.15) is 0 Å². The van der Waals surface area contributed by atoms with Crippen LogP contribution in [0.2, 0.25) is 0 Å². The molecule has 0 aromatic heterocycles. The smallest absolute Gasteiger partial charge is 0.747 e. The Morgan fingerprint density at radius 1 is 1.29 bits per heavy atom. The van der Waals surface area contributed by atoms with Crippen LogP contribution in [0.25, 0.3) is 0 Å². The van der Waals surface area contributed by atoms with Gasteiger partial charge in [0.05, 0.1) is 12.0 Å². The standard InChI is InChI=1S/C3H7ClO7S2.Na/c4-1-2(5)3(12(6,7)8)13(9,10)11;/h2-3,5H,1H2,(H,6,7,8)(H,9,10,11);/q;+1/p-1. The van der Waals surface area contributed by atoms with Gasteiger partial charge in [-0.25, -0.2) is 8.42 Å². The van der Waals surface area contributed by atoms with Gasteiger partial charge in [-0.2, -0.15) is 8.42 Å². The molecule has 0 spiro atoms. The van der Waals surface area contributed by atoms with Gasteiger partial charge in [0.15, 0.2) is 0 Å². The first-order valence-corrected chi connectivity index (χ1v) is 6.26. The molecule has 0 aliphatic heterocycles. The predicted octanol–water partition coefficient (Wildman–Crippen LogP) is -4.65. The summed E-state index contributed by atoms with van der Waals surface area (Å²) in [5.74, 6) is -0.800. The van der Waals surface area contributed by atoms with E-state index in [-0.39, 0.29) is 29.6 Å². The summed E-state index contributed by atoms with van der Waals surface area (Å²) in [5, 5.41) is 8.74. The van der Waals surface area contributed by atoms with E-state index in [0.717, 1.165) is 0 Å². The van der Waals surface area contributed by atoms with E-state index in [1.54, 1.807) is 0 Å². The second-order valence-electron chi connectivity index (χ2n) is 2.10. The molecular formula is C3H6ClNaO7S2. The van der Waals surface area contributed by atoms with E-state index >= 15 is 0 Å². The molecule has 0 aromatic rings. The Morgan fingerprint density at radius 3 is 1.71 bits per heavy atom. The predicted molar refractivity (Wildman–Crippen MR) is 41.8 cm³/mol. The van der Waals surface area contributed by atoms with Crippen molar-refractivity contribution in [2.45, 2.75) is 10.7 Å². The van der Waals surface area contributed by atoms with E-state index in [2.05, 4.69) is 0 Å². The van der Waals surface area contributed by atoms with E-state index in [1.165, 1.54) is 0 Å². The van der Waals surface area contributed by atoms with Gasteiger partial charge in [0.2, 0.25) is 4.58 Å². The molecule has 0 amide bonds. The molecule has 80 valence electrons. The van der Waals surface area contributed by atoms with Gasteiger partial charge < -0.3 is 9.66 Å². The van der Waals surface area contributed by atoms with Crippen molar-refractivity contribution in [1.82, 2.24) is 0 Å². The zero-order valence-electron chi connectivity index (χ0n) is 6.99. The zero-order valence-corrected chi connectivity index (χ0v) is 11.4. The van der Waals surface area contributed by atoms with Crippen LogP contribution in [0.4, 0.5) is 0 Å². The zero-order chi connectivity index (χ0) is 10.9. The molecule has 0 saturated carbocycles. The molecule has 0 aromatic carbocycles. The van der Waals surface area contributed by atoms with E-state index in [0.29, 0.717) is 0 Å². The number of halogens is 1. The maximum Gasteiger partial charge on any atom is 1.00 e. The van der Waals surface area contributed by atoms with Crippen LogP contribution in [0.15, 0.2) is 0 Å². The third-order valence-corrected chi connectivity index (χ3v) is 4.59. The number of aliphatic hydroxyl groups excluding tert-OH is 1. The first-order valence-electron chi connectivity index (χ1n) is 2.75. The van der Waals surface area contributed by atoms with Gasteiger partial charge in [-0.15, -0.1) is 11.6 Å². The fourth-order valence-electron chi connectivity index (χ4n) is 0.613. The van der Waals surface area contributed by atoms with E-state index in [1.807, 2.05) is 0 Å². The normalized spacial score (nSPS) is 16.9. The molecule has 0 bridgehead atoms. The van der Waals surface area contributed by atoms with Crippen molar-refractivity contribution in [2.24, 2.45) is 0 Å². The third-order valence-electron chi connectivity index (χ3n) is 1.05. The van der Waals surface area contributed by atoms with Gasteiger partial charge in [-0.05, 0) is 0 Å². The van der Waals surface area contributed by atoms with E-state index < -0.39 is 36.8 Å². The van der Waals surface area contributed by atoms with Crippen molar-refractivity contribution >= 4 is 31.8 Å². The summed E-state index contributed by atoms with van der Waals surface area (Å²) in [6.07, 6.45) is -2.15. The summed E-state index contributed by atoms with van der Waals surface area (Å²) < 4.78 is 56.9. The van der Waals surface area contributed by atoms with Crippen LogP contribution in [0.3, 0.4) is 0 Å². The van der Waals surface area contributed by atoms with Crippen LogP contribution in [0, 0.1) is 0 Å². The molecule has 11 heteroatoms. The fourth-order valence-corrected chi connectivity index (χ4v) is 3.17. The molecule has 0 aliphatic carbocycles. The number of aliphatic hydroxyl groups is 1. The van der Waals surface area contributed by atoms with Gasteiger partial charge in [0, 0.05) is 0 Å². The molecule has 0 saturated heterocycles. The second kappa shape index (κ2) is 5.97. The Morgan fingerprint density at radius 2 is 1.64 bits per heavy atom. The summed E-state index contributed by atoms with van der Waals surface area (Å²) >= 11 is 4.93. The van der Waals surface area contributed by atoms with Crippen molar-refractivity contribution in [3.63, 3.8) is 0 Å². The SMILES string of the molecule is O=S(=O)([O-])C(C(O)CCl)S(=O)(=O)O.[Na+]. The Balaban J connectivity index is 0. The molecule has 0 radical (unpaired) electrons. The molecule has 7 nitrogen and oxygen atoms in total. The molecule has 2 atom stereocenters. The first-order chi connectivity index (χ1) is 5.60. The van der Waals surface area contributed by atoms with Gasteiger partial charge in [-0.3, -0.25) is 4.55 Å².